The Morgan fingerprint density at radius 3 is 2.68 bits per heavy atom. The number of methoxy groups -OCH3 is 1. The molecule has 2 aliphatic heterocycles. The lowest BCUT2D eigenvalue weighted by Gasteiger charge is -2.33. The number of fused-ring (bicyclic) bond motifs is 1. The Bertz CT molecular complexity index is 1010. The highest BCUT2D eigenvalue weighted by molar-refractivity contribution is 5.80. The normalized spacial score (nSPS) is 21.6. The van der Waals surface area contributed by atoms with Crippen LogP contribution >= 0.6 is 0 Å². The molecular weight excluding hydrogens is 392 g/mol. The van der Waals surface area contributed by atoms with E-state index in [9.17, 15) is 9.59 Å². The van der Waals surface area contributed by atoms with Crippen LogP contribution in [0, 0.1) is 5.92 Å². The van der Waals surface area contributed by atoms with E-state index in [2.05, 4.69) is 22.0 Å². The molecule has 1 saturated carbocycles. The fourth-order valence-corrected chi connectivity index (χ4v) is 4.99. The molecule has 0 unspecified atom stereocenters. The standard InChI is InChI=1S/C24H30N4O3/c1-31-18-9-7-16(8-10-18)14-27-13-11-20-19(15-27)23(29)26-22(25-20)21-6-3-12-28(21)24(30)17-4-2-5-17/h7-10,17,21H,2-6,11-15H2,1H3,(H,25,26,29)/t21-/m0/s1. The highest BCUT2D eigenvalue weighted by Crippen LogP contribution is 2.36. The van der Waals surface area contributed by atoms with Crippen molar-refractivity contribution in [1.29, 1.82) is 0 Å². The predicted molar refractivity (Wildman–Crippen MR) is 117 cm³/mol. The average Bonchev–Trinajstić information content (AvgIpc) is 3.23. The van der Waals surface area contributed by atoms with Crippen LogP contribution in [0.4, 0.5) is 0 Å². The Balaban J connectivity index is 1.31. The molecule has 31 heavy (non-hydrogen) atoms. The third kappa shape index (κ3) is 3.99. The van der Waals surface area contributed by atoms with E-state index in [0.717, 1.165) is 75.2 Å². The molecule has 1 atom stereocenters. The van der Waals surface area contributed by atoms with Gasteiger partial charge < -0.3 is 14.6 Å². The molecule has 5 rings (SSSR count). The quantitative estimate of drug-likeness (QED) is 0.802. The predicted octanol–water partition coefficient (Wildman–Crippen LogP) is 2.80. The molecule has 1 saturated heterocycles. The first-order valence-electron chi connectivity index (χ1n) is 11.4. The highest BCUT2D eigenvalue weighted by atomic mass is 16.5. The summed E-state index contributed by atoms with van der Waals surface area (Å²) in [5.74, 6) is 1.95. The maximum atomic E-state index is 13.0. The molecule has 0 bridgehead atoms. The topological polar surface area (TPSA) is 78.5 Å². The van der Waals surface area contributed by atoms with Gasteiger partial charge in [-0.25, -0.2) is 4.98 Å². The molecule has 0 spiro atoms. The zero-order valence-corrected chi connectivity index (χ0v) is 18.1. The number of likely N-dealkylation sites (tertiary alicyclic amines) is 1. The Morgan fingerprint density at radius 1 is 1.16 bits per heavy atom. The van der Waals surface area contributed by atoms with Crippen LogP contribution in [0.1, 0.15) is 60.8 Å². The Kier molecular flexibility index (Phi) is 5.52. The summed E-state index contributed by atoms with van der Waals surface area (Å²) in [5, 5.41) is 0. The highest BCUT2D eigenvalue weighted by Gasteiger charge is 2.37. The third-order valence-electron chi connectivity index (χ3n) is 7.04. The van der Waals surface area contributed by atoms with Crippen molar-refractivity contribution in [3.05, 3.63) is 57.3 Å². The Hall–Kier alpha value is -2.67. The van der Waals surface area contributed by atoms with Gasteiger partial charge in [-0.1, -0.05) is 18.6 Å². The van der Waals surface area contributed by atoms with Gasteiger partial charge in [-0.2, -0.15) is 0 Å². The van der Waals surface area contributed by atoms with E-state index in [4.69, 9.17) is 9.72 Å². The summed E-state index contributed by atoms with van der Waals surface area (Å²) in [5.41, 5.74) is 2.80. The van der Waals surface area contributed by atoms with Gasteiger partial charge >= 0.3 is 0 Å². The van der Waals surface area contributed by atoms with Crippen molar-refractivity contribution in [2.24, 2.45) is 5.92 Å². The van der Waals surface area contributed by atoms with Gasteiger partial charge in [0.1, 0.15) is 11.6 Å². The van der Waals surface area contributed by atoms with Crippen molar-refractivity contribution in [1.82, 2.24) is 19.8 Å². The van der Waals surface area contributed by atoms with E-state index in [1.807, 2.05) is 17.0 Å². The monoisotopic (exact) mass is 422 g/mol. The number of aromatic nitrogens is 2. The van der Waals surface area contributed by atoms with Crippen LogP contribution in [0.3, 0.4) is 0 Å². The van der Waals surface area contributed by atoms with Crippen LogP contribution < -0.4 is 10.3 Å². The molecule has 2 fully saturated rings. The molecule has 164 valence electrons. The molecule has 1 N–H and O–H groups in total. The molecular formula is C24H30N4O3. The van der Waals surface area contributed by atoms with Crippen molar-refractivity contribution >= 4 is 5.91 Å². The van der Waals surface area contributed by atoms with Crippen molar-refractivity contribution in [2.75, 3.05) is 20.2 Å². The Morgan fingerprint density at radius 2 is 1.97 bits per heavy atom. The van der Waals surface area contributed by atoms with E-state index >= 15 is 0 Å². The maximum absolute atomic E-state index is 13.0. The second-order valence-corrected chi connectivity index (χ2v) is 9.00. The SMILES string of the molecule is COc1ccc(CN2CCc3nc([C@@H]4CCCN4C(=O)C4CCC4)[nH]c(=O)c3C2)cc1. The van der Waals surface area contributed by atoms with Crippen LogP contribution in [0.2, 0.25) is 0 Å². The lowest BCUT2D eigenvalue weighted by Crippen LogP contribution is -2.40. The molecule has 3 aliphatic rings. The number of ether oxygens (including phenoxy) is 1. The van der Waals surface area contributed by atoms with Crippen LogP contribution in [-0.4, -0.2) is 45.9 Å². The van der Waals surface area contributed by atoms with E-state index < -0.39 is 0 Å². The summed E-state index contributed by atoms with van der Waals surface area (Å²) < 4.78 is 5.23. The summed E-state index contributed by atoms with van der Waals surface area (Å²) >= 11 is 0. The summed E-state index contributed by atoms with van der Waals surface area (Å²) in [7, 11) is 1.66. The van der Waals surface area contributed by atoms with E-state index in [-0.39, 0.29) is 23.4 Å². The number of hydrogen-bond donors (Lipinski definition) is 1. The minimum atomic E-state index is -0.0802. The second kappa shape index (κ2) is 8.46. The number of nitrogens with zero attached hydrogens (tertiary/aromatic N) is 3. The van der Waals surface area contributed by atoms with Crippen LogP contribution in [0.15, 0.2) is 29.1 Å². The third-order valence-corrected chi connectivity index (χ3v) is 7.04. The smallest absolute Gasteiger partial charge is 0.255 e. The molecule has 1 amide bonds. The fourth-order valence-electron chi connectivity index (χ4n) is 4.99. The van der Waals surface area contributed by atoms with E-state index in [1.165, 1.54) is 5.56 Å². The number of rotatable bonds is 5. The van der Waals surface area contributed by atoms with Crippen molar-refractivity contribution < 1.29 is 9.53 Å². The number of benzene rings is 1. The summed E-state index contributed by atoms with van der Waals surface area (Å²) in [6.45, 7) is 3.02. The lowest BCUT2D eigenvalue weighted by atomic mass is 9.84. The van der Waals surface area contributed by atoms with Crippen molar-refractivity contribution in [3.63, 3.8) is 0 Å². The number of H-pyrrole nitrogens is 1. The first-order valence-corrected chi connectivity index (χ1v) is 11.4. The van der Waals surface area contributed by atoms with Gasteiger partial charge in [0.05, 0.1) is 24.4 Å². The van der Waals surface area contributed by atoms with Gasteiger partial charge in [0.15, 0.2) is 0 Å². The first kappa shape index (κ1) is 20.2. The second-order valence-electron chi connectivity index (χ2n) is 9.00. The number of hydrogen-bond acceptors (Lipinski definition) is 5. The van der Waals surface area contributed by atoms with Gasteiger partial charge in [0.25, 0.3) is 5.56 Å². The zero-order chi connectivity index (χ0) is 21.4. The molecule has 2 aromatic rings. The molecule has 7 nitrogen and oxygen atoms in total. The number of carbonyl (C=O) groups is 1. The van der Waals surface area contributed by atoms with Gasteiger partial charge in [-0.15, -0.1) is 0 Å². The lowest BCUT2D eigenvalue weighted by molar-refractivity contribution is -0.139. The van der Waals surface area contributed by atoms with E-state index in [0.29, 0.717) is 12.4 Å². The molecule has 0 radical (unpaired) electrons. The van der Waals surface area contributed by atoms with E-state index in [1.54, 1.807) is 7.11 Å². The minimum Gasteiger partial charge on any atom is -0.497 e. The number of aromatic amines is 1. The molecule has 1 aliphatic carbocycles. The number of amides is 1. The summed E-state index contributed by atoms with van der Waals surface area (Å²) in [6, 6.07) is 7.98. The number of carbonyl (C=O) groups excluding carboxylic acids is 1. The summed E-state index contributed by atoms with van der Waals surface area (Å²) in [4.78, 5) is 37.9. The zero-order valence-electron chi connectivity index (χ0n) is 18.1. The average molecular weight is 423 g/mol. The first-order chi connectivity index (χ1) is 15.1. The van der Waals surface area contributed by atoms with Gasteiger partial charge in [-0.05, 0) is 43.4 Å². The van der Waals surface area contributed by atoms with Crippen LogP contribution in [-0.2, 0) is 24.3 Å². The largest absolute Gasteiger partial charge is 0.497 e. The fraction of sp³-hybridized carbons (Fsp3) is 0.542. The summed E-state index contributed by atoms with van der Waals surface area (Å²) in [6.07, 6.45) is 5.76. The minimum absolute atomic E-state index is 0.0534. The molecule has 7 heteroatoms. The molecule has 1 aromatic heterocycles. The van der Waals surface area contributed by atoms with Gasteiger partial charge in [0, 0.05) is 38.5 Å². The number of nitrogens with one attached hydrogen (secondary N) is 1. The molecule has 1 aromatic carbocycles. The van der Waals surface area contributed by atoms with Gasteiger partial charge in [-0.3, -0.25) is 14.5 Å². The van der Waals surface area contributed by atoms with Crippen molar-refractivity contribution in [3.8, 4) is 5.75 Å². The maximum Gasteiger partial charge on any atom is 0.255 e. The van der Waals surface area contributed by atoms with Gasteiger partial charge in [0.2, 0.25) is 5.91 Å². The van der Waals surface area contributed by atoms with Crippen LogP contribution in [0.5, 0.6) is 5.75 Å². The van der Waals surface area contributed by atoms with Crippen LogP contribution in [0.25, 0.3) is 0 Å². The molecule has 3 heterocycles. The Labute approximate surface area is 182 Å². The van der Waals surface area contributed by atoms with Crippen molar-refractivity contribution in [2.45, 2.75) is 57.7 Å².